The maximum atomic E-state index is 4.92. The van der Waals surface area contributed by atoms with Crippen LogP contribution in [0, 0.1) is 20.8 Å². The Hall–Kier alpha value is -2.59. The lowest BCUT2D eigenvalue weighted by atomic mass is 9.94. The highest BCUT2D eigenvalue weighted by atomic mass is 35.5. The normalized spacial score (nSPS) is 15.6. The number of hydrogen-bond acceptors (Lipinski definition) is 4. The van der Waals surface area contributed by atoms with Crippen LogP contribution in [0.4, 0.5) is 17.5 Å². The fourth-order valence-corrected chi connectivity index (χ4v) is 3.75. The molecule has 4 rings (SSSR count). The Balaban J connectivity index is 0.00000225. The standard InChI is InChI=1S/C23H26N4.ClH/c1-15-9-5-8-12-21(15)25-22-16(2)17(3)24-23(26-22)27-14-13-19-10-6-7-11-20(19)18(27)4;/h5-12,18H,13-14H2,1-4H3,(H,24,25,26);1H/t18-;/m0./s1. The van der Waals surface area contributed by atoms with E-state index in [0.717, 1.165) is 41.7 Å². The summed E-state index contributed by atoms with van der Waals surface area (Å²) in [4.78, 5) is 12.1. The Labute approximate surface area is 173 Å². The number of para-hydroxylation sites is 1. The Morgan fingerprint density at radius 1 is 0.964 bits per heavy atom. The van der Waals surface area contributed by atoms with Gasteiger partial charge in [0.2, 0.25) is 5.95 Å². The average molecular weight is 395 g/mol. The van der Waals surface area contributed by atoms with E-state index in [4.69, 9.17) is 9.97 Å². The van der Waals surface area contributed by atoms with Gasteiger partial charge in [-0.25, -0.2) is 4.98 Å². The van der Waals surface area contributed by atoms with Gasteiger partial charge < -0.3 is 10.2 Å². The van der Waals surface area contributed by atoms with Crippen molar-refractivity contribution < 1.29 is 0 Å². The van der Waals surface area contributed by atoms with Crippen molar-refractivity contribution in [3.05, 3.63) is 76.5 Å². The minimum atomic E-state index is 0. The molecule has 1 aromatic heterocycles. The first kappa shape index (κ1) is 20.2. The zero-order valence-corrected chi connectivity index (χ0v) is 17.7. The molecule has 1 atom stereocenters. The second-order valence-corrected chi connectivity index (χ2v) is 7.34. The predicted molar refractivity (Wildman–Crippen MR) is 119 cm³/mol. The number of aryl methyl sites for hydroxylation is 2. The number of aromatic nitrogens is 2. The molecule has 0 bridgehead atoms. The second kappa shape index (κ2) is 8.19. The summed E-state index contributed by atoms with van der Waals surface area (Å²) < 4.78 is 0. The third-order valence-electron chi connectivity index (χ3n) is 5.63. The zero-order chi connectivity index (χ0) is 19.0. The minimum Gasteiger partial charge on any atom is -0.340 e. The predicted octanol–water partition coefficient (Wildman–Crippen LogP) is 5.69. The first-order chi connectivity index (χ1) is 13.0. The summed E-state index contributed by atoms with van der Waals surface area (Å²) in [7, 11) is 0. The van der Waals surface area contributed by atoms with E-state index >= 15 is 0 Å². The molecule has 5 heteroatoms. The topological polar surface area (TPSA) is 41.1 Å². The first-order valence-corrected chi connectivity index (χ1v) is 9.57. The van der Waals surface area contributed by atoms with Crippen LogP contribution in [0.15, 0.2) is 48.5 Å². The molecule has 0 unspecified atom stereocenters. The Morgan fingerprint density at radius 2 is 1.68 bits per heavy atom. The molecular formula is C23H27ClN4. The van der Waals surface area contributed by atoms with E-state index in [1.165, 1.54) is 16.7 Å². The van der Waals surface area contributed by atoms with Crippen LogP contribution in [0.3, 0.4) is 0 Å². The van der Waals surface area contributed by atoms with Gasteiger partial charge >= 0.3 is 0 Å². The molecule has 0 fully saturated rings. The van der Waals surface area contributed by atoms with Crippen molar-refractivity contribution in [2.24, 2.45) is 0 Å². The van der Waals surface area contributed by atoms with E-state index in [1.807, 2.05) is 6.07 Å². The molecule has 146 valence electrons. The van der Waals surface area contributed by atoms with Crippen LogP contribution in [0.5, 0.6) is 0 Å². The summed E-state index contributed by atoms with van der Waals surface area (Å²) in [6, 6.07) is 17.3. The van der Waals surface area contributed by atoms with Crippen molar-refractivity contribution in [2.45, 2.75) is 40.2 Å². The minimum absolute atomic E-state index is 0. The molecule has 1 aliphatic heterocycles. The van der Waals surface area contributed by atoms with Crippen LogP contribution < -0.4 is 10.2 Å². The van der Waals surface area contributed by atoms with Crippen LogP contribution >= 0.6 is 12.4 Å². The van der Waals surface area contributed by atoms with E-state index in [2.05, 4.69) is 80.4 Å². The number of anilines is 3. The number of halogens is 1. The Bertz CT molecular complexity index is 986. The number of rotatable bonds is 3. The largest absolute Gasteiger partial charge is 0.340 e. The van der Waals surface area contributed by atoms with Crippen molar-refractivity contribution in [1.29, 1.82) is 0 Å². The highest BCUT2D eigenvalue weighted by Crippen LogP contribution is 2.33. The van der Waals surface area contributed by atoms with Gasteiger partial charge in [0, 0.05) is 23.5 Å². The lowest BCUT2D eigenvalue weighted by Crippen LogP contribution is -2.35. The molecule has 2 aromatic carbocycles. The molecular weight excluding hydrogens is 368 g/mol. The number of hydrogen-bond donors (Lipinski definition) is 1. The van der Waals surface area contributed by atoms with Crippen molar-refractivity contribution in [1.82, 2.24) is 9.97 Å². The molecule has 1 N–H and O–H groups in total. The fraction of sp³-hybridized carbons (Fsp3) is 0.304. The summed E-state index contributed by atoms with van der Waals surface area (Å²) in [5.74, 6) is 1.69. The van der Waals surface area contributed by atoms with Crippen molar-refractivity contribution in [3.8, 4) is 0 Å². The van der Waals surface area contributed by atoms with Gasteiger partial charge in [-0.05, 0) is 56.9 Å². The summed E-state index contributed by atoms with van der Waals surface area (Å²) in [5.41, 5.74) is 7.20. The lowest BCUT2D eigenvalue weighted by Gasteiger charge is -2.35. The summed E-state index contributed by atoms with van der Waals surface area (Å²) in [5, 5.41) is 3.52. The fourth-order valence-electron chi connectivity index (χ4n) is 3.75. The smallest absolute Gasteiger partial charge is 0.228 e. The highest BCUT2D eigenvalue weighted by molar-refractivity contribution is 5.85. The molecule has 0 spiro atoms. The lowest BCUT2D eigenvalue weighted by molar-refractivity contribution is 0.607. The molecule has 1 aliphatic rings. The van der Waals surface area contributed by atoms with Crippen LogP contribution in [-0.4, -0.2) is 16.5 Å². The maximum absolute atomic E-state index is 4.92. The molecule has 4 nitrogen and oxygen atoms in total. The number of benzene rings is 2. The molecule has 0 radical (unpaired) electrons. The van der Waals surface area contributed by atoms with Gasteiger partial charge in [-0.1, -0.05) is 42.5 Å². The second-order valence-electron chi connectivity index (χ2n) is 7.34. The van der Waals surface area contributed by atoms with Gasteiger partial charge in [0.15, 0.2) is 0 Å². The molecule has 2 heterocycles. The number of nitrogens with zero attached hydrogens (tertiary/aromatic N) is 3. The van der Waals surface area contributed by atoms with Crippen LogP contribution in [0.25, 0.3) is 0 Å². The molecule has 0 saturated heterocycles. The van der Waals surface area contributed by atoms with Crippen molar-refractivity contribution in [3.63, 3.8) is 0 Å². The quantitative estimate of drug-likeness (QED) is 0.619. The summed E-state index contributed by atoms with van der Waals surface area (Å²) in [6.07, 6.45) is 1.03. The summed E-state index contributed by atoms with van der Waals surface area (Å²) in [6.45, 7) is 9.42. The molecule has 0 saturated carbocycles. The molecule has 0 amide bonds. The van der Waals surface area contributed by atoms with Gasteiger partial charge in [-0.3, -0.25) is 0 Å². The van der Waals surface area contributed by atoms with Gasteiger partial charge in [0.25, 0.3) is 0 Å². The molecule has 28 heavy (non-hydrogen) atoms. The van der Waals surface area contributed by atoms with E-state index in [9.17, 15) is 0 Å². The van der Waals surface area contributed by atoms with E-state index in [0.29, 0.717) is 0 Å². The molecule has 0 aliphatic carbocycles. The van der Waals surface area contributed by atoms with Crippen LogP contribution in [0.1, 0.15) is 40.9 Å². The van der Waals surface area contributed by atoms with Crippen LogP contribution in [0.2, 0.25) is 0 Å². The zero-order valence-electron chi connectivity index (χ0n) is 16.9. The number of nitrogens with one attached hydrogen (secondary N) is 1. The van der Waals surface area contributed by atoms with Gasteiger partial charge in [0.05, 0.1) is 6.04 Å². The van der Waals surface area contributed by atoms with E-state index in [-0.39, 0.29) is 18.4 Å². The Morgan fingerprint density at radius 3 is 2.46 bits per heavy atom. The van der Waals surface area contributed by atoms with Gasteiger partial charge in [-0.2, -0.15) is 4.98 Å². The maximum Gasteiger partial charge on any atom is 0.228 e. The number of fused-ring (bicyclic) bond motifs is 1. The third kappa shape index (κ3) is 3.69. The van der Waals surface area contributed by atoms with E-state index in [1.54, 1.807) is 0 Å². The first-order valence-electron chi connectivity index (χ1n) is 9.57. The Kier molecular flexibility index (Phi) is 5.90. The summed E-state index contributed by atoms with van der Waals surface area (Å²) >= 11 is 0. The highest BCUT2D eigenvalue weighted by Gasteiger charge is 2.26. The molecule has 3 aromatic rings. The van der Waals surface area contributed by atoms with Crippen molar-refractivity contribution in [2.75, 3.05) is 16.8 Å². The van der Waals surface area contributed by atoms with Gasteiger partial charge in [0.1, 0.15) is 5.82 Å². The van der Waals surface area contributed by atoms with E-state index < -0.39 is 0 Å². The van der Waals surface area contributed by atoms with Gasteiger partial charge in [-0.15, -0.1) is 12.4 Å². The third-order valence-corrected chi connectivity index (χ3v) is 5.63. The average Bonchev–Trinajstić information content (AvgIpc) is 2.67. The SMILES string of the molecule is Cc1ccccc1Nc1nc(N2CCc3ccccc3[C@@H]2C)nc(C)c1C.Cl. The van der Waals surface area contributed by atoms with Crippen molar-refractivity contribution >= 4 is 29.9 Å². The monoisotopic (exact) mass is 394 g/mol. The van der Waals surface area contributed by atoms with Crippen LogP contribution in [-0.2, 0) is 6.42 Å².